The topological polar surface area (TPSA) is 333 Å². The van der Waals surface area contributed by atoms with Crippen LogP contribution in [0, 0.1) is 0 Å². The summed E-state index contributed by atoms with van der Waals surface area (Å²) in [7, 11) is 0. The average molecular weight is 961 g/mol. The van der Waals surface area contributed by atoms with Gasteiger partial charge in [0.25, 0.3) is 0 Å². The number of halogens is 9. The number of rotatable bonds is 8. The van der Waals surface area contributed by atoms with Crippen LogP contribution in [0.4, 0.5) is 0 Å². The van der Waals surface area contributed by atoms with Crippen LogP contribution >= 0.6 is 104 Å². The van der Waals surface area contributed by atoms with Gasteiger partial charge in [-0.2, -0.15) is 20.4 Å². The van der Waals surface area contributed by atoms with E-state index in [1.807, 2.05) is 12.1 Å². The fraction of sp³-hybridized carbons (Fsp3) is 0. The van der Waals surface area contributed by atoms with Crippen molar-refractivity contribution in [3.05, 3.63) is 123 Å². The SMILES string of the molecule is NC(N)=N/N=C/c1cc(Cl)c(Cl)c(Cl)c1.NC(N)=N/N=C/c1cc(Cl)c(Cl)cc1Cl.NC(N)=N/N=C/c1ccc(Cl)cc1.NC(N)=N/N=C/c1cnc(Cl)nc1Cl. The number of benzene rings is 3. The second kappa shape index (κ2) is 26.9. The van der Waals surface area contributed by atoms with Gasteiger partial charge in [-0.3, -0.25) is 0 Å². The molecule has 0 radical (unpaired) electrons. The van der Waals surface area contributed by atoms with E-state index in [-0.39, 0.29) is 34.3 Å². The molecular formula is C30H29Cl9N18. The molecule has 0 fully saturated rings. The van der Waals surface area contributed by atoms with Gasteiger partial charge in [0.05, 0.1) is 60.6 Å². The maximum Gasteiger partial charge on any atom is 0.223 e. The van der Waals surface area contributed by atoms with Gasteiger partial charge in [-0.25, -0.2) is 9.97 Å². The summed E-state index contributed by atoms with van der Waals surface area (Å²) in [6.45, 7) is 0. The lowest BCUT2D eigenvalue weighted by Crippen LogP contribution is -2.21. The predicted molar refractivity (Wildman–Crippen MR) is 240 cm³/mol. The molecule has 16 N–H and O–H groups in total. The minimum Gasteiger partial charge on any atom is -0.369 e. The van der Waals surface area contributed by atoms with Crippen molar-refractivity contribution in [1.29, 1.82) is 0 Å². The molecule has 27 heteroatoms. The Morgan fingerprint density at radius 1 is 0.456 bits per heavy atom. The molecule has 0 saturated heterocycles. The molecule has 4 rings (SSSR count). The van der Waals surface area contributed by atoms with E-state index < -0.39 is 0 Å². The second-order valence-electron chi connectivity index (χ2n) is 9.60. The zero-order valence-electron chi connectivity index (χ0n) is 28.5. The summed E-state index contributed by atoms with van der Waals surface area (Å²) in [4.78, 5) is 7.39. The molecule has 0 bridgehead atoms. The average Bonchev–Trinajstić information content (AvgIpc) is 3.11. The van der Waals surface area contributed by atoms with E-state index in [1.165, 1.54) is 37.1 Å². The standard InChI is InChI=1S/2C8H7Cl3N4.C8H9ClN4.C6H6Cl2N6/c9-5-2-7(11)6(10)1-4(5)3-14-15-8(12)13;9-5-1-4(2-6(10)7(5)11)3-14-15-8(12)13;9-7-3-1-6(2-4-7)5-12-13-8(10)11;7-4-3(1-11-5(8)13-4)2-12-14-6(9)10/h2*1-3H,(H4,12,13,15);1-5H,(H4,10,11,13);1-2H,(H4,9,10,14)/b2*14-3+;12-5+;12-2+. The summed E-state index contributed by atoms with van der Waals surface area (Å²) < 4.78 is 0. The number of hydrogen-bond donors (Lipinski definition) is 8. The molecule has 302 valence electrons. The lowest BCUT2D eigenvalue weighted by atomic mass is 10.2. The summed E-state index contributed by atoms with van der Waals surface area (Å²) in [5.41, 5.74) is 43.2. The molecule has 0 aliphatic carbocycles. The highest BCUT2D eigenvalue weighted by Crippen LogP contribution is 2.31. The van der Waals surface area contributed by atoms with Gasteiger partial charge in [0.1, 0.15) is 5.15 Å². The van der Waals surface area contributed by atoms with Gasteiger partial charge in [0.2, 0.25) is 29.1 Å². The van der Waals surface area contributed by atoms with Crippen molar-refractivity contribution in [3.63, 3.8) is 0 Å². The van der Waals surface area contributed by atoms with Gasteiger partial charge in [0.15, 0.2) is 0 Å². The highest BCUT2D eigenvalue weighted by Gasteiger charge is 2.05. The summed E-state index contributed by atoms with van der Waals surface area (Å²) in [5.74, 6) is -0.475. The molecule has 1 aromatic heterocycles. The first kappa shape index (κ1) is 50.1. The lowest BCUT2D eigenvalue weighted by Gasteiger charge is -2.00. The smallest absolute Gasteiger partial charge is 0.223 e. The first-order chi connectivity index (χ1) is 26.8. The highest BCUT2D eigenvalue weighted by atomic mass is 35.5. The van der Waals surface area contributed by atoms with E-state index in [9.17, 15) is 0 Å². The Morgan fingerprint density at radius 2 is 0.877 bits per heavy atom. The molecule has 3 aromatic carbocycles. The van der Waals surface area contributed by atoms with Crippen LogP contribution in [0.3, 0.4) is 0 Å². The molecule has 0 aliphatic heterocycles. The molecule has 18 nitrogen and oxygen atoms in total. The molecule has 0 atom stereocenters. The quantitative estimate of drug-likeness (QED) is 0.0198. The third-order valence-electron chi connectivity index (χ3n) is 5.15. The number of aromatic nitrogens is 2. The Morgan fingerprint density at radius 3 is 1.33 bits per heavy atom. The molecule has 0 spiro atoms. The van der Waals surface area contributed by atoms with E-state index >= 15 is 0 Å². The molecule has 0 aliphatic rings. The predicted octanol–water partition coefficient (Wildman–Crippen LogP) is 5.85. The van der Waals surface area contributed by atoms with Crippen molar-refractivity contribution < 1.29 is 0 Å². The van der Waals surface area contributed by atoms with Crippen LogP contribution in [0.1, 0.15) is 22.3 Å². The number of nitrogens with two attached hydrogens (primary N) is 8. The van der Waals surface area contributed by atoms with Gasteiger partial charge in [0, 0.05) is 16.8 Å². The third kappa shape index (κ3) is 22.4. The third-order valence-corrected chi connectivity index (χ3v) is 8.14. The Balaban J connectivity index is 0.000000381. The Hall–Kier alpha value is -4.89. The van der Waals surface area contributed by atoms with Crippen LogP contribution in [0.25, 0.3) is 0 Å². The number of guanidine groups is 4. The minimum atomic E-state index is -0.146. The summed E-state index contributed by atoms with van der Waals surface area (Å²) in [6, 6.07) is 13.4. The van der Waals surface area contributed by atoms with Crippen molar-refractivity contribution in [2.24, 2.45) is 86.7 Å². The van der Waals surface area contributed by atoms with E-state index in [4.69, 9.17) is 150 Å². The van der Waals surface area contributed by atoms with Crippen LogP contribution in [0.5, 0.6) is 0 Å². The Bertz CT molecular complexity index is 2150. The number of hydrogen-bond acceptors (Lipinski definition) is 10. The summed E-state index contributed by atoms with van der Waals surface area (Å²) >= 11 is 51.6. The van der Waals surface area contributed by atoms with Crippen molar-refractivity contribution in [3.8, 4) is 0 Å². The van der Waals surface area contributed by atoms with E-state index in [2.05, 4.69) is 50.8 Å². The highest BCUT2D eigenvalue weighted by molar-refractivity contribution is 6.48. The van der Waals surface area contributed by atoms with Crippen LogP contribution in [0.2, 0.25) is 45.6 Å². The van der Waals surface area contributed by atoms with Crippen LogP contribution in [0.15, 0.2) is 95.5 Å². The second-order valence-corrected chi connectivity index (χ2v) is 13.1. The van der Waals surface area contributed by atoms with Crippen molar-refractivity contribution in [2.75, 3.05) is 0 Å². The van der Waals surface area contributed by atoms with E-state index in [0.29, 0.717) is 51.8 Å². The normalized spacial score (nSPS) is 10.5. The van der Waals surface area contributed by atoms with E-state index in [0.717, 1.165) is 5.56 Å². The Labute approximate surface area is 369 Å². The zero-order chi connectivity index (χ0) is 43.1. The molecule has 4 aromatic rings. The van der Waals surface area contributed by atoms with Crippen molar-refractivity contribution in [1.82, 2.24) is 9.97 Å². The number of nitrogens with zero attached hydrogens (tertiary/aromatic N) is 10. The van der Waals surface area contributed by atoms with Gasteiger partial charge < -0.3 is 45.9 Å². The Kier molecular flexibility index (Phi) is 23.6. The zero-order valence-corrected chi connectivity index (χ0v) is 35.3. The maximum atomic E-state index is 5.87. The maximum absolute atomic E-state index is 5.87. The first-order valence-electron chi connectivity index (χ1n) is 14.5. The summed E-state index contributed by atoms with van der Waals surface area (Å²) in [5, 5.41) is 31.1. The molecular weight excluding hydrogens is 932 g/mol. The van der Waals surface area contributed by atoms with Gasteiger partial charge >= 0.3 is 0 Å². The van der Waals surface area contributed by atoms with Crippen LogP contribution < -0.4 is 45.9 Å². The fourth-order valence-electron chi connectivity index (χ4n) is 2.91. The fourth-order valence-corrected chi connectivity index (χ4v) is 4.61. The minimum absolute atomic E-state index is 0.0639. The molecule has 0 saturated carbocycles. The monoisotopic (exact) mass is 956 g/mol. The van der Waals surface area contributed by atoms with Crippen LogP contribution in [-0.4, -0.2) is 58.7 Å². The largest absolute Gasteiger partial charge is 0.369 e. The van der Waals surface area contributed by atoms with Gasteiger partial charge in [-0.05, 0) is 59.1 Å². The lowest BCUT2D eigenvalue weighted by molar-refractivity contribution is 1.15. The molecule has 57 heavy (non-hydrogen) atoms. The van der Waals surface area contributed by atoms with Crippen molar-refractivity contribution in [2.45, 2.75) is 0 Å². The van der Waals surface area contributed by atoms with Gasteiger partial charge in [-0.15, -0.1) is 20.4 Å². The van der Waals surface area contributed by atoms with E-state index in [1.54, 1.807) is 30.3 Å². The van der Waals surface area contributed by atoms with Gasteiger partial charge in [-0.1, -0.05) is 105 Å². The van der Waals surface area contributed by atoms with Crippen molar-refractivity contribution >= 4 is 153 Å². The molecule has 0 unspecified atom stereocenters. The summed E-state index contributed by atoms with van der Waals surface area (Å²) in [6.07, 6.45) is 7.05. The van der Waals surface area contributed by atoms with Crippen LogP contribution in [-0.2, 0) is 0 Å². The molecule has 1 heterocycles. The first-order valence-corrected chi connectivity index (χ1v) is 17.9. The molecule has 0 amide bonds.